The van der Waals surface area contributed by atoms with Gasteiger partial charge in [-0.1, -0.05) is 12.5 Å². The summed E-state index contributed by atoms with van der Waals surface area (Å²) in [7, 11) is 1.93. The van der Waals surface area contributed by atoms with Gasteiger partial charge in [0.05, 0.1) is 6.42 Å². The smallest absolute Gasteiger partial charge is 0.166 e. The molecule has 0 N–H and O–H groups in total. The molecule has 0 spiro atoms. The molecule has 1 aromatic rings. The largest absolute Gasteiger partial charge is 0.338 e. The zero-order valence-electron chi connectivity index (χ0n) is 9.78. The van der Waals surface area contributed by atoms with Crippen LogP contribution in [0.25, 0.3) is 0 Å². The molecule has 3 heteroatoms. The first-order valence-corrected chi connectivity index (χ1v) is 5.96. The van der Waals surface area contributed by atoms with E-state index in [0.29, 0.717) is 6.42 Å². The van der Waals surface area contributed by atoms with Gasteiger partial charge in [0.2, 0.25) is 0 Å². The van der Waals surface area contributed by atoms with Crippen LogP contribution in [0.5, 0.6) is 0 Å². The van der Waals surface area contributed by atoms with E-state index in [1.807, 2.05) is 17.8 Å². The van der Waals surface area contributed by atoms with E-state index in [0.717, 1.165) is 30.7 Å². The lowest BCUT2D eigenvalue weighted by atomic mass is 10.0. The summed E-state index contributed by atoms with van der Waals surface area (Å²) in [6, 6.07) is 0. The molecule has 1 aliphatic carbocycles. The fraction of sp³-hybridized carbons (Fsp3) is 0.538. The first kappa shape index (κ1) is 11.1. The number of ketones is 1. The van der Waals surface area contributed by atoms with Crippen molar-refractivity contribution < 1.29 is 4.79 Å². The third-order valence-corrected chi connectivity index (χ3v) is 3.14. The highest BCUT2D eigenvalue weighted by atomic mass is 16.1. The van der Waals surface area contributed by atoms with Crippen LogP contribution in [0.2, 0.25) is 0 Å². The quantitative estimate of drug-likeness (QED) is 0.781. The van der Waals surface area contributed by atoms with E-state index in [2.05, 4.69) is 11.1 Å². The fourth-order valence-electron chi connectivity index (χ4n) is 2.09. The van der Waals surface area contributed by atoms with Crippen molar-refractivity contribution in [2.24, 2.45) is 7.05 Å². The van der Waals surface area contributed by atoms with E-state index in [9.17, 15) is 4.79 Å². The summed E-state index contributed by atoms with van der Waals surface area (Å²) in [4.78, 5) is 16.2. The van der Waals surface area contributed by atoms with E-state index in [1.54, 1.807) is 6.20 Å². The first-order valence-electron chi connectivity index (χ1n) is 5.96. The molecule has 86 valence electrons. The highest BCUT2D eigenvalue weighted by molar-refractivity contribution is 5.96. The highest BCUT2D eigenvalue weighted by Crippen LogP contribution is 2.18. The fourth-order valence-corrected chi connectivity index (χ4v) is 2.09. The summed E-state index contributed by atoms with van der Waals surface area (Å²) < 4.78 is 1.91. The number of carbonyl (C=O) groups excluding carboxylic acids is 1. The van der Waals surface area contributed by atoms with Gasteiger partial charge in [0, 0.05) is 19.4 Å². The van der Waals surface area contributed by atoms with Crippen LogP contribution in [0.1, 0.15) is 37.9 Å². The predicted molar refractivity (Wildman–Crippen MR) is 63.1 cm³/mol. The van der Waals surface area contributed by atoms with Crippen molar-refractivity contribution in [2.75, 3.05) is 0 Å². The number of nitrogens with zero attached hydrogens (tertiary/aromatic N) is 2. The van der Waals surface area contributed by atoms with Gasteiger partial charge >= 0.3 is 0 Å². The van der Waals surface area contributed by atoms with Crippen molar-refractivity contribution in [3.05, 3.63) is 29.9 Å². The van der Waals surface area contributed by atoms with Crippen LogP contribution >= 0.6 is 0 Å². The van der Waals surface area contributed by atoms with Crippen molar-refractivity contribution in [3.8, 4) is 0 Å². The second kappa shape index (κ2) is 5.10. The topological polar surface area (TPSA) is 34.9 Å². The van der Waals surface area contributed by atoms with Gasteiger partial charge in [-0.3, -0.25) is 4.79 Å². The Morgan fingerprint density at radius 1 is 1.44 bits per heavy atom. The van der Waals surface area contributed by atoms with Crippen LogP contribution in [0, 0.1) is 0 Å². The molecule has 0 amide bonds. The molecule has 1 heterocycles. The third-order valence-electron chi connectivity index (χ3n) is 3.14. The minimum absolute atomic E-state index is 0.246. The van der Waals surface area contributed by atoms with Crippen LogP contribution in [0.15, 0.2) is 24.0 Å². The number of hydrogen-bond acceptors (Lipinski definition) is 2. The minimum atomic E-state index is 0.246. The van der Waals surface area contributed by atoms with E-state index >= 15 is 0 Å². The number of hydrogen-bond donors (Lipinski definition) is 0. The maximum atomic E-state index is 12.0. The second-order valence-electron chi connectivity index (χ2n) is 4.38. The normalized spacial score (nSPS) is 16.7. The summed E-state index contributed by atoms with van der Waals surface area (Å²) in [5, 5.41) is 0. The monoisotopic (exact) mass is 218 g/mol. The molecule has 1 aromatic heterocycles. The van der Waals surface area contributed by atoms with Gasteiger partial charge in [-0.2, -0.15) is 0 Å². The molecule has 0 aromatic carbocycles. The van der Waals surface area contributed by atoms with Crippen LogP contribution < -0.4 is 0 Å². The average molecular weight is 218 g/mol. The summed E-state index contributed by atoms with van der Waals surface area (Å²) >= 11 is 0. The standard InChI is InChI=1S/C13H18N2O/c1-15-9-8-14-13(15)10-12(16)11-6-4-2-3-5-7-11/h6,8-9H,2-5,7,10H2,1H3. The molecule has 1 aliphatic rings. The van der Waals surface area contributed by atoms with Crippen LogP contribution in [-0.2, 0) is 18.3 Å². The van der Waals surface area contributed by atoms with E-state index < -0.39 is 0 Å². The molecule has 0 atom stereocenters. The van der Waals surface area contributed by atoms with E-state index in [4.69, 9.17) is 0 Å². The Labute approximate surface area is 96.2 Å². The van der Waals surface area contributed by atoms with Crippen molar-refractivity contribution in [1.29, 1.82) is 0 Å². The predicted octanol–water partition coefficient (Wildman–Crippen LogP) is 2.42. The Kier molecular flexibility index (Phi) is 3.54. The molecule has 16 heavy (non-hydrogen) atoms. The van der Waals surface area contributed by atoms with E-state index in [-0.39, 0.29) is 5.78 Å². The minimum Gasteiger partial charge on any atom is -0.338 e. The van der Waals surface area contributed by atoms with Gasteiger partial charge in [-0.25, -0.2) is 4.98 Å². The highest BCUT2D eigenvalue weighted by Gasteiger charge is 2.13. The Balaban J connectivity index is 2.02. The SMILES string of the molecule is Cn1ccnc1CC(=O)C1=CCCCCC1. The lowest BCUT2D eigenvalue weighted by molar-refractivity contribution is -0.115. The number of allylic oxidation sites excluding steroid dienone is 2. The van der Waals surface area contributed by atoms with Gasteiger partial charge in [0.25, 0.3) is 0 Å². The Hall–Kier alpha value is -1.38. The number of Topliss-reactive ketones (excluding diaryl/α,β-unsaturated/α-hetero) is 1. The molecule has 0 saturated heterocycles. The maximum absolute atomic E-state index is 12.0. The molecule has 0 aliphatic heterocycles. The number of rotatable bonds is 3. The molecular formula is C13H18N2O. The molecule has 0 bridgehead atoms. The van der Waals surface area contributed by atoms with Gasteiger partial charge < -0.3 is 4.57 Å². The molecule has 0 fully saturated rings. The zero-order chi connectivity index (χ0) is 11.4. The van der Waals surface area contributed by atoms with Crippen LogP contribution in [0.3, 0.4) is 0 Å². The summed E-state index contributed by atoms with van der Waals surface area (Å²) in [5.74, 6) is 1.10. The lowest BCUT2D eigenvalue weighted by Gasteiger charge is -2.04. The first-order chi connectivity index (χ1) is 7.77. The van der Waals surface area contributed by atoms with Crippen molar-refractivity contribution in [1.82, 2.24) is 9.55 Å². The van der Waals surface area contributed by atoms with E-state index in [1.165, 1.54) is 12.8 Å². The lowest BCUT2D eigenvalue weighted by Crippen LogP contribution is -2.10. The average Bonchev–Trinajstić information content (AvgIpc) is 2.57. The Bertz CT molecular complexity index is 404. The maximum Gasteiger partial charge on any atom is 0.166 e. The van der Waals surface area contributed by atoms with Crippen molar-refractivity contribution in [3.63, 3.8) is 0 Å². The van der Waals surface area contributed by atoms with Crippen LogP contribution in [0.4, 0.5) is 0 Å². The molecule has 2 rings (SSSR count). The number of imidazole rings is 1. The summed E-state index contributed by atoms with van der Waals surface area (Å²) in [5.41, 5.74) is 1.01. The number of aryl methyl sites for hydroxylation is 1. The van der Waals surface area contributed by atoms with Gasteiger partial charge in [0.1, 0.15) is 5.82 Å². The molecule has 3 nitrogen and oxygen atoms in total. The second-order valence-corrected chi connectivity index (χ2v) is 4.38. The van der Waals surface area contributed by atoms with Gasteiger partial charge in [0.15, 0.2) is 5.78 Å². The van der Waals surface area contributed by atoms with Gasteiger partial charge in [-0.15, -0.1) is 0 Å². The number of carbonyl (C=O) groups is 1. The van der Waals surface area contributed by atoms with Crippen molar-refractivity contribution >= 4 is 5.78 Å². The van der Waals surface area contributed by atoms with Crippen molar-refractivity contribution in [2.45, 2.75) is 38.5 Å². The molecule has 0 radical (unpaired) electrons. The van der Waals surface area contributed by atoms with Crippen LogP contribution in [-0.4, -0.2) is 15.3 Å². The Morgan fingerprint density at radius 3 is 3.06 bits per heavy atom. The molecular weight excluding hydrogens is 200 g/mol. The summed E-state index contributed by atoms with van der Waals surface area (Å²) in [6.07, 6.45) is 11.8. The third kappa shape index (κ3) is 2.60. The molecule has 0 saturated carbocycles. The molecule has 0 unspecified atom stereocenters. The number of aromatic nitrogens is 2. The Morgan fingerprint density at radius 2 is 2.31 bits per heavy atom. The zero-order valence-corrected chi connectivity index (χ0v) is 9.78. The summed E-state index contributed by atoms with van der Waals surface area (Å²) in [6.45, 7) is 0. The van der Waals surface area contributed by atoms with Gasteiger partial charge in [-0.05, 0) is 31.3 Å².